The molecule has 0 bridgehead atoms. The maximum Gasteiger partial charge on any atom is 0.234 e. The zero-order valence-electron chi connectivity index (χ0n) is 11.7. The van der Waals surface area contributed by atoms with Gasteiger partial charge in [0, 0.05) is 10.7 Å². The Labute approximate surface area is 134 Å². The number of rotatable bonds is 7. The first-order valence-corrected chi connectivity index (χ1v) is 8.44. The van der Waals surface area contributed by atoms with E-state index in [9.17, 15) is 4.79 Å². The molecule has 2 aromatic carbocycles. The summed E-state index contributed by atoms with van der Waals surface area (Å²) in [5, 5.41) is 3.53. The number of benzene rings is 2. The van der Waals surface area contributed by atoms with Gasteiger partial charge in [0.2, 0.25) is 5.91 Å². The number of amides is 1. The molecule has 0 aliphatic heterocycles. The number of carbonyl (C=O) groups is 1. The molecule has 0 radical (unpaired) electrons. The molecule has 2 aromatic rings. The van der Waals surface area contributed by atoms with Crippen molar-refractivity contribution in [3.63, 3.8) is 0 Å². The number of halogens is 1. The summed E-state index contributed by atoms with van der Waals surface area (Å²) in [6.45, 7) is 0. The Hall–Kier alpha value is -1.45. The summed E-state index contributed by atoms with van der Waals surface area (Å²) in [7, 11) is 0. The first kappa shape index (κ1) is 15.9. The normalized spacial score (nSPS) is 10.3. The Morgan fingerprint density at radius 2 is 1.76 bits per heavy atom. The molecule has 21 heavy (non-hydrogen) atoms. The Bertz CT molecular complexity index is 557. The van der Waals surface area contributed by atoms with Crippen molar-refractivity contribution in [2.75, 3.05) is 16.8 Å². The van der Waals surface area contributed by atoms with Crippen molar-refractivity contribution in [3.05, 3.63) is 65.2 Å². The van der Waals surface area contributed by atoms with Crippen molar-refractivity contribution in [1.82, 2.24) is 0 Å². The van der Waals surface area contributed by atoms with Crippen molar-refractivity contribution in [2.45, 2.75) is 12.8 Å². The van der Waals surface area contributed by atoms with E-state index in [1.807, 2.05) is 6.07 Å². The molecule has 0 fully saturated rings. The topological polar surface area (TPSA) is 29.1 Å². The highest BCUT2D eigenvalue weighted by atomic mass is 35.5. The van der Waals surface area contributed by atoms with E-state index < -0.39 is 0 Å². The predicted molar refractivity (Wildman–Crippen MR) is 92.2 cm³/mol. The standard InChI is InChI=1S/C17H18ClNOS/c18-15-8-10-16(11-9-15)19-17(20)13-21-12-4-7-14-5-2-1-3-6-14/h1-3,5-6,8-11H,4,7,12-13H2,(H,19,20). The lowest BCUT2D eigenvalue weighted by atomic mass is 10.1. The quantitative estimate of drug-likeness (QED) is 0.753. The Balaban J connectivity index is 1.60. The first-order valence-electron chi connectivity index (χ1n) is 6.91. The zero-order valence-corrected chi connectivity index (χ0v) is 13.3. The largest absolute Gasteiger partial charge is 0.325 e. The minimum Gasteiger partial charge on any atom is -0.325 e. The third kappa shape index (κ3) is 6.23. The van der Waals surface area contributed by atoms with Crippen LogP contribution in [0.5, 0.6) is 0 Å². The first-order chi connectivity index (χ1) is 10.2. The van der Waals surface area contributed by atoms with Crippen molar-refractivity contribution >= 4 is 35.0 Å². The van der Waals surface area contributed by atoms with E-state index in [1.54, 1.807) is 36.0 Å². The van der Waals surface area contributed by atoms with Crippen LogP contribution < -0.4 is 5.32 Å². The minimum atomic E-state index is 0.0297. The van der Waals surface area contributed by atoms with Crippen LogP contribution in [0.4, 0.5) is 5.69 Å². The van der Waals surface area contributed by atoms with E-state index in [4.69, 9.17) is 11.6 Å². The molecule has 0 spiro atoms. The highest BCUT2D eigenvalue weighted by Gasteiger charge is 2.02. The maximum absolute atomic E-state index is 11.8. The van der Waals surface area contributed by atoms with Crippen LogP contribution in [0.3, 0.4) is 0 Å². The molecule has 4 heteroatoms. The Morgan fingerprint density at radius 3 is 2.48 bits per heavy atom. The van der Waals surface area contributed by atoms with Gasteiger partial charge in [0.25, 0.3) is 0 Å². The van der Waals surface area contributed by atoms with Crippen LogP contribution in [0, 0.1) is 0 Å². The fourth-order valence-electron chi connectivity index (χ4n) is 1.92. The maximum atomic E-state index is 11.8. The Kier molecular flexibility index (Phi) is 6.64. The average molecular weight is 320 g/mol. The zero-order chi connectivity index (χ0) is 14.9. The molecular weight excluding hydrogens is 302 g/mol. The van der Waals surface area contributed by atoms with Gasteiger partial charge in [0.1, 0.15) is 0 Å². The number of thioether (sulfide) groups is 1. The fourth-order valence-corrected chi connectivity index (χ4v) is 2.79. The molecule has 0 aliphatic rings. The molecule has 0 saturated heterocycles. The van der Waals surface area contributed by atoms with Crippen molar-refractivity contribution in [3.8, 4) is 0 Å². The van der Waals surface area contributed by atoms with Crippen molar-refractivity contribution < 1.29 is 4.79 Å². The molecule has 1 N–H and O–H groups in total. The smallest absolute Gasteiger partial charge is 0.234 e. The minimum absolute atomic E-state index is 0.0297. The predicted octanol–water partition coefficient (Wildman–Crippen LogP) is 4.64. The molecule has 0 unspecified atom stereocenters. The summed E-state index contributed by atoms with van der Waals surface area (Å²) >= 11 is 7.47. The lowest BCUT2D eigenvalue weighted by molar-refractivity contribution is -0.113. The third-order valence-electron chi connectivity index (χ3n) is 2.96. The summed E-state index contributed by atoms with van der Waals surface area (Å²) in [6, 6.07) is 17.6. The second-order valence-electron chi connectivity index (χ2n) is 4.70. The van der Waals surface area contributed by atoms with Gasteiger partial charge in [0.15, 0.2) is 0 Å². The highest BCUT2D eigenvalue weighted by molar-refractivity contribution is 7.99. The van der Waals surface area contributed by atoms with E-state index >= 15 is 0 Å². The molecule has 0 saturated carbocycles. The van der Waals surface area contributed by atoms with E-state index in [-0.39, 0.29) is 5.91 Å². The molecule has 2 nitrogen and oxygen atoms in total. The summed E-state index contributed by atoms with van der Waals surface area (Å²) < 4.78 is 0. The van der Waals surface area contributed by atoms with Gasteiger partial charge in [0.05, 0.1) is 5.75 Å². The van der Waals surface area contributed by atoms with Crippen LogP contribution in [-0.4, -0.2) is 17.4 Å². The van der Waals surface area contributed by atoms with Crippen LogP contribution in [0.25, 0.3) is 0 Å². The van der Waals surface area contributed by atoms with E-state index in [1.165, 1.54) is 5.56 Å². The molecule has 0 aliphatic carbocycles. The van der Waals surface area contributed by atoms with E-state index in [0.29, 0.717) is 10.8 Å². The van der Waals surface area contributed by atoms with Crippen LogP contribution in [0.2, 0.25) is 5.02 Å². The van der Waals surface area contributed by atoms with Gasteiger partial charge in [-0.05, 0) is 48.4 Å². The van der Waals surface area contributed by atoms with Gasteiger partial charge in [-0.15, -0.1) is 0 Å². The molecule has 110 valence electrons. The number of hydrogen-bond donors (Lipinski definition) is 1. The van der Waals surface area contributed by atoms with Gasteiger partial charge in [-0.3, -0.25) is 4.79 Å². The van der Waals surface area contributed by atoms with Gasteiger partial charge in [-0.2, -0.15) is 11.8 Å². The van der Waals surface area contributed by atoms with E-state index in [2.05, 4.69) is 29.6 Å². The lowest BCUT2D eigenvalue weighted by Crippen LogP contribution is -2.14. The highest BCUT2D eigenvalue weighted by Crippen LogP contribution is 2.14. The lowest BCUT2D eigenvalue weighted by Gasteiger charge is -2.05. The van der Waals surface area contributed by atoms with Crippen molar-refractivity contribution in [2.24, 2.45) is 0 Å². The molecule has 0 aromatic heterocycles. The van der Waals surface area contributed by atoms with Gasteiger partial charge >= 0.3 is 0 Å². The van der Waals surface area contributed by atoms with Crippen LogP contribution in [-0.2, 0) is 11.2 Å². The van der Waals surface area contributed by atoms with Crippen LogP contribution in [0.1, 0.15) is 12.0 Å². The molecule has 0 atom stereocenters. The van der Waals surface area contributed by atoms with E-state index in [0.717, 1.165) is 24.3 Å². The molecular formula is C17H18ClNOS. The second kappa shape index (κ2) is 8.75. The number of carbonyl (C=O) groups excluding carboxylic acids is 1. The SMILES string of the molecule is O=C(CSCCCc1ccccc1)Nc1ccc(Cl)cc1. The fraction of sp³-hybridized carbons (Fsp3) is 0.235. The number of anilines is 1. The number of hydrogen-bond acceptors (Lipinski definition) is 2. The summed E-state index contributed by atoms with van der Waals surface area (Å²) in [6.07, 6.45) is 2.15. The monoisotopic (exact) mass is 319 g/mol. The van der Waals surface area contributed by atoms with Gasteiger partial charge < -0.3 is 5.32 Å². The van der Waals surface area contributed by atoms with Gasteiger partial charge in [-0.1, -0.05) is 41.9 Å². The summed E-state index contributed by atoms with van der Waals surface area (Å²) in [4.78, 5) is 11.8. The van der Waals surface area contributed by atoms with Crippen molar-refractivity contribution in [1.29, 1.82) is 0 Å². The second-order valence-corrected chi connectivity index (χ2v) is 6.24. The molecule has 2 rings (SSSR count). The summed E-state index contributed by atoms with van der Waals surface area (Å²) in [5.41, 5.74) is 2.14. The van der Waals surface area contributed by atoms with Gasteiger partial charge in [-0.25, -0.2) is 0 Å². The average Bonchev–Trinajstić information content (AvgIpc) is 2.50. The summed E-state index contributed by atoms with van der Waals surface area (Å²) in [5.74, 6) is 1.50. The number of aryl methyl sites for hydroxylation is 1. The van der Waals surface area contributed by atoms with Crippen LogP contribution in [0.15, 0.2) is 54.6 Å². The van der Waals surface area contributed by atoms with Crippen LogP contribution >= 0.6 is 23.4 Å². The molecule has 1 amide bonds. The third-order valence-corrected chi connectivity index (χ3v) is 4.25. The Morgan fingerprint density at radius 1 is 1.05 bits per heavy atom. The molecule has 0 heterocycles. The number of nitrogens with one attached hydrogen (secondary N) is 1.